The molecule has 0 bridgehead atoms. The number of aromatic nitrogens is 3. The summed E-state index contributed by atoms with van der Waals surface area (Å²) in [4.78, 5) is 8.52. The first kappa shape index (κ1) is 15.8. The molecule has 128 valence electrons. The Hall–Kier alpha value is -2.66. The SMILES string of the molecule is CC1(C)Cc2cc(CNCc3ccc(-n4ccnc4)nc3)ccc2O1. The van der Waals surface area contributed by atoms with Crippen molar-refractivity contribution in [1.29, 1.82) is 0 Å². The van der Waals surface area contributed by atoms with Gasteiger partial charge in [0.2, 0.25) is 0 Å². The van der Waals surface area contributed by atoms with Crippen molar-refractivity contribution in [3.8, 4) is 11.6 Å². The number of hydrogen-bond donors (Lipinski definition) is 1. The third-order valence-electron chi connectivity index (χ3n) is 4.36. The quantitative estimate of drug-likeness (QED) is 0.778. The van der Waals surface area contributed by atoms with E-state index in [0.29, 0.717) is 0 Å². The van der Waals surface area contributed by atoms with Gasteiger partial charge in [-0.1, -0.05) is 18.2 Å². The van der Waals surface area contributed by atoms with Gasteiger partial charge in [-0.3, -0.25) is 4.57 Å². The first-order valence-electron chi connectivity index (χ1n) is 8.54. The Morgan fingerprint density at radius 1 is 1.16 bits per heavy atom. The van der Waals surface area contributed by atoms with E-state index in [-0.39, 0.29) is 5.60 Å². The van der Waals surface area contributed by atoms with Gasteiger partial charge >= 0.3 is 0 Å². The van der Waals surface area contributed by atoms with Gasteiger partial charge in [0.15, 0.2) is 0 Å². The monoisotopic (exact) mass is 334 g/mol. The summed E-state index contributed by atoms with van der Waals surface area (Å²) in [6.45, 7) is 5.88. The maximum absolute atomic E-state index is 5.93. The molecule has 0 saturated carbocycles. The molecule has 4 rings (SSSR count). The standard InChI is InChI=1S/C20H22N4O/c1-20(2)10-17-9-15(3-5-18(17)25-20)11-22-12-16-4-6-19(23-13-16)24-8-7-21-14-24/h3-9,13-14,22H,10-12H2,1-2H3. The second-order valence-corrected chi connectivity index (χ2v) is 7.08. The molecular formula is C20H22N4O. The van der Waals surface area contributed by atoms with Crippen molar-refractivity contribution in [1.82, 2.24) is 19.9 Å². The van der Waals surface area contributed by atoms with Gasteiger partial charge in [-0.15, -0.1) is 0 Å². The van der Waals surface area contributed by atoms with E-state index in [1.54, 1.807) is 12.5 Å². The van der Waals surface area contributed by atoms with Gasteiger partial charge in [0.1, 0.15) is 23.5 Å². The normalized spacial score (nSPS) is 15.0. The average Bonchev–Trinajstić information content (AvgIpc) is 3.21. The molecule has 0 aliphatic carbocycles. The molecule has 0 spiro atoms. The Morgan fingerprint density at radius 3 is 2.76 bits per heavy atom. The molecule has 1 N–H and O–H groups in total. The molecule has 25 heavy (non-hydrogen) atoms. The van der Waals surface area contributed by atoms with Gasteiger partial charge in [-0.2, -0.15) is 0 Å². The van der Waals surface area contributed by atoms with Crippen LogP contribution < -0.4 is 10.1 Å². The van der Waals surface area contributed by atoms with Crippen molar-refractivity contribution in [3.05, 3.63) is 71.9 Å². The smallest absolute Gasteiger partial charge is 0.137 e. The first-order valence-corrected chi connectivity index (χ1v) is 8.54. The highest BCUT2D eigenvalue weighted by Gasteiger charge is 2.29. The Morgan fingerprint density at radius 2 is 2.00 bits per heavy atom. The molecule has 0 amide bonds. The van der Waals surface area contributed by atoms with E-state index in [1.807, 2.05) is 23.0 Å². The molecule has 1 aromatic carbocycles. The molecule has 0 fully saturated rings. The lowest BCUT2D eigenvalue weighted by atomic mass is 10.0. The topological polar surface area (TPSA) is 52.0 Å². The van der Waals surface area contributed by atoms with Gasteiger partial charge in [-0.25, -0.2) is 9.97 Å². The Balaban J connectivity index is 1.34. The van der Waals surface area contributed by atoms with Crippen LogP contribution in [0, 0.1) is 0 Å². The summed E-state index contributed by atoms with van der Waals surface area (Å²) in [5, 5.41) is 3.48. The van der Waals surface area contributed by atoms with Crippen LogP contribution in [0.15, 0.2) is 55.2 Å². The number of benzene rings is 1. The van der Waals surface area contributed by atoms with Crippen molar-refractivity contribution < 1.29 is 4.74 Å². The maximum atomic E-state index is 5.93. The van der Waals surface area contributed by atoms with E-state index < -0.39 is 0 Å². The Labute approximate surface area is 147 Å². The first-order chi connectivity index (χ1) is 12.1. The number of rotatable bonds is 5. The zero-order chi connectivity index (χ0) is 17.3. The lowest BCUT2D eigenvalue weighted by Crippen LogP contribution is -2.24. The van der Waals surface area contributed by atoms with Crippen LogP contribution >= 0.6 is 0 Å². The van der Waals surface area contributed by atoms with E-state index in [2.05, 4.69) is 53.4 Å². The number of nitrogens with zero attached hydrogens (tertiary/aromatic N) is 3. The summed E-state index contributed by atoms with van der Waals surface area (Å²) in [5.74, 6) is 1.90. The predicted octanol–water partition coefficient (Wildman–Crippen LogP) is 3.27. The lowest BCUT2D eigenvalue weighted by molar-refractivity contribution is 0.138. The van der Waals surface area contributed by atoms with E-state index >= 15 is 0 Å². The fraction of sp³-hybridized carbons (Fsp3) is 0.300. The van der Waals surface area contributed by atoms with Gasteiger partial charge < -0.3 is 10.1 Å². The average molecular weight is 334 g/mol. The van der Waals surface area contributed by atoms with Crippen molar-refractivity contribution in [2.75, 3.05) is 0 Å². The summed E-state index contributed by atoms with van der Waals surface area (Å²) in [7, 11) is 0. The predicted molar refractivity (Wildman–Crippen MR) is 96.8 cm³/mol. The van der Waals surface area contributed by atoms with Crippen LogP contribution in [-0.2, 0) is 19.5 Å². The molecular weight excluding hydrogens is 312 g/mol. The zero-order valence-corrected chi connectivity index (χ0v) is 14.6. The highest BCUT2D eigenvalue weighted by atomic mass is 16.5. The molecule has 5 heteroatoms. The van der Waals surface area contributed by atoms with E-state index in [1.165, 1.54) is 11.1 Å². The van der Waals surface area contributed by atoms with Crippen LogP contribution in [0.2, 0.25) is 0 Å². The Kier molecular flexibility index (Phi) is 4.01. The number of hydrogen-bond acceptors (Lipinski definition) is 4. The maximum Gasteiger partial charge on any atom is 0.137 e. The summed E-state index contributed by atoms with van der Waals surface area (Å²) >= 11 is 0. The van der Waals surface area contributed by atoms with Crippen LogP contribution in [0.5, 0.6) is 5.75 Å². The molecule has 3 aromatic rings. The largest absolute Gasteiger partial charge is 0.487 e. The third kappa shape index (κ3) is 3.56. The summed E-state index contributed by atoms with van der Waals surface area (Å²) < 4.78 is 7.82. The van der Waals surface area contributed by atoms with Crippen molar-refractivity contribution in [3.63, 3.8) is 0 Å². The molecule has 0 atom stereocenters. The van der Waals surface area contributed by atoms with Crippen molar-refractivity contribution in [2.24, 2.45) is 0 Å². The van der Waals surface area contributed by atoms with Gasteiger partial charge in [0.25, 0.3) is 0 Å². The molecule has 5 nitrogen and oxygen atoms in total. The van der Waals surface area contributed by atoms with Crippen molar-refractivity contribution in [2.45, 2.75) is 39.0 Å². The second-order valence-electron chi connectivity index (χ2n) is 7.08. The molecule has 0 radical (unpaired) electrons. The van der Waals surface area contributed by atoms with Gasteiger partial charge in [-0.05, 0) is 42.7 Å². The molecule has 0 unspecified atom stereocenters. The molecule has 1 aliphatic rings. The fourth-order valence-electron chi connectivity index (χ4n) is 3.19. The lowest BCUT2D eigenvalue weighted by Gasteiger charge is -2.16. The van der Waals surface area contributed by atoms with Crippen LogP contribution in [-0.4, -0.2) is 20.1 Å². The zero-order valence-electron chi connectivity index (χ0n) is 14.6. The van der Waals surface area contributed by atoms with E-state index in [4.69, 9.17) is 4.74 Å². The highest BCUT2D eigenvalue weighted by Crippen LogP contribution is 2.35. The van der Waals surface area contributed by atoms with E-state index in [9.17, 15) is 0 Å². The molecule has 1 aliphatic heterocycles. The third-order valence-corrected chi connectivity index (χ3v) is 4.36. The number of pyridine rings is 1. The minimum Gasteiger partial charge on any atom is -0.487 e. The minimum absolute atomic E-state index is 0.0863. The van der Waals surface area contributed by atoms with Gasteiger partial charge in [0, 0.05) is 38.1 Å². The van der Waals surface area contributed by atoms with E-state index in [0.717, 1.165) is 36.6 Å². The Bertz CT molecular complexity index is 854. The number of fused-ring (bicyclic) bond motifs is 1. The van der Waals surface area contributed by atoms with Crippen molar-refractivity contribution >= 4 is 0 Å². The number of imidazole rings is 1. The summed E-state index contributed by atoms with van der Waals surface area (Å²) in [6.07, 6.45) is 8.26. The van der Waals surface area contributed by atoms with Crippen LogP contribution in [0.4, 0.5) is 0 Å². The fourth-order valence-corrected chi connectivity index (χ4v) is 3.19. The van der Waals surface area contributed by atoms with Crippen LogP contribution in [0.3, 0.4) is 0 Å². The second kappa shape index (κ2) is 6.33. The van der Waals surface area contributed by atoms with Gasteiger partial charge in [0.05, 0.1) is 0 Å². The number of nitrogens with one attached hydrogen (secondary N) is 1. The summed E-state index contributed by atoms with van der Waals surface area (Å²) in [6, 6.07) is 10.6. The minimum atomic E-state index is -0.0863. The van der Waals surface area contributed by atoms with Crippen LogP contribution in [0.25, 0.3) is 5.82 Å². The molecule has 0 saturated heterocycles. The van der Waals surface area contributed by atoms with Crippen LogP contribution in [0.1, 0.15) is 30.5 Å². The molecule has 2 aromatic heterocycles. The summed E-state index contributed by atoms with van der Waals surface area (Å²) in [5.41, 5.74) is 3.66. The highest BCUT2D eigenvalue weighted by molar-refractivity contribution is 5.41. The molecule has 3 heterocycles. The number of ether oxygens (including phenoxy) is 1.